The number of amides is 2. The Morgan fingerprint density at radius 2 is 1.92 bits per heavy atom. The Balaban J connectivity index is 2.04. The molecule has 1 aromatic rings. The molecule has 0 unspecified atom stereocenters. The number of likely N-dealkylation sites (N-methyl/N-ethyl adjacent to an activating group) is 1. The van der Waals surface area contributed by atoms with Crippen LogP contribution in [0.3, 0.4) is 0 Å². The number of hydrogen-bond donors (Lipinski definition) is 1. The van der Waals surface area contributed by atoms with E-state index >= 15 is 0 Å². The van der Waals surface area contributed by atoms with E-state index in [1.54, 1.807) is 31.1 Å². The fourth-order valence-electron chi connectivity index (χ4n) is 2.78. The van der Waals surface area contributed by atoms with E-state index in [4.69, 9.17) is 4.74 Å². The lowest BCUT2D eigenvalue weighted by molar-refractivity contribution is -0.139. The molecule has 0 saturated carbocycles. The molecule has 1 aliphatic rings. The molecule has 6 nitrogen and oxygen atoms in total. The maximum atomic E-state index is 12.7. The smallest absolute Gasteiger partial charge is 0.253 e. The molecule has 2 atom stereocenters. The Bertz CT molecular complexity index is 571. The summed E-state index contributed by atoms with van der Waals surface area (Å²) in [6, 6.07) is 7.12. The molecule has 6 heteroatoms. The van der Waals surface area contributed by atoms with Crippen LogP contribution in [0.15, 0.2) is 24.3 Å². The van der Waals surface area contributed by atoms with Crippen LogP contribution in [-0.4, -0.2) is 67.6 Å². The summed E-state index contributed by atoms with van der Waals surface area (Å²) in [5.41, 5.74) is 1.65. The highest BCUT2D eigenvalue weighted by Crippen LogP contribution is 2.13. The standard InChI is InChI=1S/C18H27N3O3/c1-5-21(18(23)16-13(2)24-11-10-19-16)12-14-6-8-15(9-7-14)17(22)20(3)4/h6-9,13,16,19H,5,10-12H2,1-4H3/t13-,16+/m1/s1. The van der Waals surface area contributed by atoms with E-state index in [-0.39, 0.29) is 24.0 Å². The van der Waals surface area contributed by atoms with Crippen LogP contribution in [0.2, 0.25) is 0 Å². The number of nitrogens with zero attached hydrogens (tertiary/aromatic N) is 2. The number of hydrogen-bond acceptors (Lipinski definition) is 4. The summed E-state index contributed by atoms with van der Waals surface area (Å²) in [7, 11) is 3.46. The summed E-state index contributed by atoms with van der Waals surface area (Å²) >= 11 is 0. The molecule has 0 bridgehead atoms. The number of nitrogens with one attached hydrogen (secondary N) is 1. The van der Waals surface area contributed by atoms with Crippen molar-refractivity contribution in [3.05, 3.63) is 35.4 Å². The Labute approximate surface area is 143 Å². The molecule has 1 aromatic carbocycles. The van der Waals surface area contributed by atoms with Gasteiger partial charge >= 0.3 is 0 Å². The molecule has 1 fully saturated rings. The van der Waals surface area contributed by atoms with Gasteiger partial charge in [-0.25, -0.2) is 0 Å². The van der Waals surface area contributed by atoms with Crippen molar-refractivity contribution in [2.24, 2.45) is 0 Å². The predicted molar refractivity (Wildman–Crippen MR) is 92.8 cm³/mol. The lowest BCUT2D eigenvalue weighted by Gasteiger charge is -2.33. The quantitative estimate of drug-likeness (QED) is 0.877. The Hall–Kier alpha value is -1.92. The summed E-state index contributed by atoms with van der Waals surface area (Å²) in [5.74, 6) is 0.0282. The van der Waals surface area contributed by atoms with E-state index in [1.165, 1.54) is 0 Å². The Morgan fingerprint density at radius 1 is 1.25 bits per heavy atom. The van der Waals surface area contributed by atoms with Crippen molar-refractivity contribution in [2.75, 3.05) is 33.8 Å². The first-order valence-corrected chi connectivity index (χ1v) is 8.38. The maximum absolute atomic E-state index is 12.7. The van der Waals surface area contributed by atoms with Crippen molar-refractivity contribution < 1.29 is 14.3 Å². The van der Waals surface area contributed by atoms with Gasteiger partial charge in [-0.2, -0.15) is 0 Å². The number of carbonyl (C=O) groups excluding carboxylic acids is 2. The van der Waals surface area contributed by atoms with Gasteiger partial charge in [-0.15, -0.1) is 0 Å². The molecule has 2 amide bonds. The van der Waals surface area contributed by atoms with Gasteiger partial charge in [-0.3, -0.25) is 9.59 Å². The first-order chi connectivity index (χ1) is 11.4. The third-order valence-electron chi connectivity index (χ3n) is 4.26. The second-order valence-electron chi connectivity index (χ2n) is 6.26. The molecule has 1 heterocycles. The molecule has 1 N–H and O–H groups in total. The molecule has 0 aromatic heterocycles. The molecule has 132 valence electrons. The first-order valence-electron chi connectivity index (χ1n) is 8.38. The van der Waals surface area contributed by atoms with Gasteiger partial charge in [0.15, 0.2) is 0 Å². The van der Waals surface area contributed by atoms with Crippen molar-refractivity contribution in [2.45, 2.75) is 32.5 Å². The van der Waals surface area contributed by atoms with E-state index < -0.39 is 0 Å². The van der Waals surface area contributed by atoms with Gasteiger partial charge in [-0.05, 0) is 31.5 Å². The van der Waals surface area contributed by atoms with Crippen LogP contribution in [0, 0.1) is 0 Å². The normalized spacial score (nSPS) is 20.5. The summed E-state index contributed by atoms with van der Waals surface area (Å²) in [6.07, 6.45) is -0.125. The minimum atomic E-state index is -0.298. The van der Waals surface area contributed by atoms with Crippen LogP contribution in [0.25, 0.3) is 0 Å². The zero-order chi connectivity index (χ0) is 17.7. The maximum Gasteiger partial charge on any atom is 0.253 e. The van der Waals surface area contributed by atoms with Crippen LogP contribution >= 0.6 is 0 Å². The molecule has 0 radical (unpaired) electrons. The van der Waals surface area contributed by atoms with E-state index in [0.29, 0.717) is 31.8 Å². The molecular formula is C18H27N3O3. The lowest BCUT2D eigenvalue weighted by Crippen LogP contribution is -2.56. The Kier molecular flexibility index (Phi) is 6.34. The highest BCUT2D eigenvalue weighted by Gasteiger charge is 2.31. The fraction of sp³-hybridized carbons (Fsp3) is 0.556. The van der Waals surface area contributed by atoms with Crippen molar-refractivity contribution >= 4 is 11.8 Å². The average Bonchev–Trinajstić information content (AvgIpc) is 2.59. The monoisotopic (exact) mass is 333 g/mol. The predicted octanol–water partition coefficient (Wildman–Crippen LogP) is 1.11. The van der Waals surface area contributed by atoms with E-state index in [9.17, 15) is 9.59 Å². The Morgan fingerprint density at radius 3 is 2.46 bits per heavy atom. The molecule has 0 aliphatic carbocycles. The SMILES string of the molecule is CCN(Cc1ccc(C(=O)N(C)C)cc1)C(=O)[C@H]1NCCO[C@@H]1C. The number of rotatable bonds is 5. The van der Waals surface area contributed by atoms with E-state index in [0.717, 1.165) is 5.56 Å². The second kappa shape index (κ2) is 8.26. The van der Waals surface area contributed by atoms with Crippen molar-refractivity contribution in [3.63, 3.8) is 0 Å². The van der Waals surface area contributed by atoms with E-state index in [1.807, 2.05) is 30.9 Å². The van der Waals surface area contributed by atoms with Gasteiger partial charge in [0.05, 0.1) is 12.7 Å². The second-order valence-corrected chi connectivity index (χ2v) is 6.26. The zero-order valence-electron chi connectivity index (χ0n) is 14.9. The minimum absolute atomic E-state index is 0.0256. The van der Waals surface area contributed by atoms with Gasteiger partial charge in [0.25, 0.3) is 5.91 Å². The van der Waals surface area contributed by atoms with Gasteiger partial charge < -0.3 is 19.9 Å². The molecule has 24 heavy (non-hydrogen) atoms. The molecule has 2 rings (SSSR count). The number of morpholine rings is 1. The van der Waals surface area contributed by atoms with Crippen LogP contribution < -0.4 is 5.32 Å². The van der Waals surface area contributed by atoms with Crippen LogP contribution in [0.1, 0.15) is 29.8 Å². The van der Waals surface area contributed by atoms with Crippen molar-refractivity contribution in [1.82, 2.24) is 15.1 Å². The largest absolute Gasteiger partial charge is 0.375 e. The van der Waals surface area contributed by atoms with Crippen LogP contribution in [-0.2, 0) is 16.1 Å². The summed E-state index contributed by atoms with van der Waals surface area (Å²) in [4.78, 5) is 28.0. The van der Waals surface area contributed by atoms with Crippen molar-refractivity contribution in [3.8, 4) is 0 Å². The average molecular weight is 333 g/mol. The molecule has 1 saturated heterocycles. The summed E-state index contributed by atoms with van der Waals surface area (Å²) in [5, 5.41) is 3.24. The van der Waals surface area contributed by atoms with Gasteiger partial charge in [-0.1, -0.05) is 12.1 Å². The highest BCUT2D eigenvalue weighted by molar-refractivity contribution is 5.93. The molecular weight excluding hydrogens is 306 g/mol. The minimum Gasteiger partial charge on any atom is -0.375 e. The van der Waals surface area contributed by atoms with Gasteiger partial charge in [0, 0.05) is 39.3 Å². The number of carbonyl (C=O) groups is 2. The topological polar surface area (TPSA) is 61.9 Å². The molecule has 1 aliphatic heterocycles. The third kappa shape index (κ3) is 4.33. The fourth-order valence-corrected chi connectivity index (χ4v) is 2.78. The molecule has 0 spiro atoms. The summed E-state index contributed by atoms with van der Waals surface area (Å²) < 4.78 is 5.57. The van der Waals surface area contributed by atoms with Crippen molar-refractivity contribution in [1.29, 1.82) is 0 Å². The third-order valence-corrected chi connectivity index (χ3v) is 4.26. The van der Waals surface area contributed by atoms with Gasteiger partial charge in [0.1, 0.15) is 6.04 Å². The van der Waals surface area contributed by atoms with Crippen LogP contribution in [0.5, 0.6) is 0 Å². The van der Waals surface area contributed by atoms with E-state index in [2.05, 4.69) is 5.32 Å². The van der Waals surface area contributed by atoms with Crippen LogP contribution in [0.4, 0.5) is 0 Å². The first kappa shape index (κ1) is 18.4. The zero-order valence-corrected chi connectivity index (χ0v) is 14.9. The number of benzene rings is 1. The summed E-state index contributed by atoms with van der Waals surface area (Å²) in [6.45, 7) is 6.37. The van der Waals surface area contributed by atoms with Gasteiger partial charge in [0.2, 0.25) is 5.91 Å². The lowest BCUT2D eigenvalue weighted by atomic mass is 10.1. The highest BCUT2D eigenvalue weighted by atomic mass is 16.5. The number of ether oxygens (including phenoxy) is 1.